The Bertz CT molecular complexity index is 1380. The van der Waals surface area contributed by atoms with Crippen molar-refractivity contribution in [1.29, 1.82) is 0 Å². The Hall–Kier alpha value is -3.26. The van der Waals surface area contributed by atoms with E-state index in [0.29, 0.717) is 32.5 Å². The van der Waals surface area contributed by atoms with Crippen LogP contribution in [0.3, 0.4) is 0 Å². The molecule has 0 bridgehead atoms. The molecule has 4 aromatic rings. The molecule has 1 aromatic heterocycles. The summed E-state index contributed by atoms with van der Waals surface area (Å²) in [4.78, 5) is 25.8. The van der Waals surface area contributed by atoms with E-state index in [4.69, 9.17) is 32.7 Å². The molecule has 9 heteroatoms. The van der Waals surface area contributed by atoms with Gasteiger partial charge in [0.15, 0.2) is 0 Å². The van der Waals surface area contributed by atoms with Gasteiger partial charge in [0.25, 0.3) is 11.8 Å². The Morgan fingerprint density at radius 2 is 1.71 bits per heavy atom. The molecule has 2 amide bonds. The van der Waals surface area contributed by atoms with Gasteiger partial charge in [-0.1, -0.05) is 41.9 Å². The molecule has 1 aliphatic heterocycles. The second kappa shape index (κ2) is 9.18. The zero-order valence-electron chi connectivity index (χ0n) is 17.8. The van der Waals surface area contributed by atoms with Crippen LogP contribution in [0.2, 0.25) is 5.02 Å². The van der Waals surface area contributed by atoms with Gasteiger partial charge in [-0.3, -0.25) is 15.0 Å². The highest BCUT2D eigenvalue weighted by Crippen LogP contribution is 2.40. The van der Waals surface area contributed by atoms with E-state index in [2.05, 4.69) is 5.43 Å². The molecule has 2 unspecified atom stereocenters. The van der Waals surface area contributed by atoms with Crippen molar-refractivity contribution in [3.05, 3.63) is 88.3 Å². The van der Waals surface area contributed by atoms with Gasteiger partial charge in [0.1, 0.15) is 33.5 Å². The predicted molar refractivity (Wildman–Crippen MR) is 133 cm³/mol. The maximum absolute atomic E-state index is 13.1. The molecule has 0 spiro atoms. The number of hydrogen-bond acceptors (Lipinski definition) is 5. The fourth-order valence-electron chi connectivity index (χ4n) is 3.74. The Morgan fingerprint density at radius 3 is 2.41 bits per heavy atom. The van der Waals surface area contributed by atoms with Crippen LogP contribution in [0.25, 0.3) is 10.1 Å². The van der Waals surface area contributed by atoms with Crippen LogP contribution >= 0.6 is 34.5 Å². The van der Waals surface area contributed by atoms with Crippen molar-refractivity contribution in [1.82, 2.24) is 10.4 Å². The number of amides is 2. The number of thiophene rings is 1. The van der Waals surface area contributed by atoms with Crippen LogP contribution in [0.15, 0.2) is 72.8 Å². The van der Waals surface area contributed by atoms with Crippen LogP contribution in [0.4, 0.5) is 0 Å². The van der Waals surface area contributed by atoms with Crippen molar-refractivity contribution < 1.29 is 19.1 Å². The third-order valence-electron chi connectivity index (χ3n) is 5.49. The Balaban J connectivity index is 1.37. The van der Waals surface area contributed by atoms with Gasteiger partial charge < -0.3 is 9.47 Å². The number of alkyl halides is 1. The molecule has 1 N–H and O–H groups in total. The molecule has 0 radical (unpaired) electrons. The summed E-state index contributed by atoms with van der Waals surface area (Å²) in [6, 6.07) is 21.5. The van der Waals surface area contributed by atoms with Crippen molar-refractivity contribution in [2.24, 2.45) is 0 Å². The number of benzene rings is 3. The summed E-state index contributed by atoms with van der Waals surface area (Å²) in [5.74, 6) is 1.12. The van der Waals surface area contributed by atoms with Gasteiger partial charge in [0.2, 0.25) is 0 Å². The number of fused-ring (bicyclic) bond motifs is 1. The number of β-lactam (4-membered cyclic amide) rings is 1. The van der Waals surface area contributed by atoms with Crippen LogP contribution in [-0.2, 0) is 4.79 Å². The molecule has 172 valence electrons. The van der Waals surface area contributed by atoms with Gasteiger partial charge >= 0.3 is 0 Å². The average Bonchev–Trinajstić information content (AvgIpc) is 3.20. The smallest absolute Gasteiger partial charge is 0.281 e. The number of rotatable bonds is 6. The number of hydrazine groups is 1. The second-order valence-electron chi connectivity index (χ2n) is 7.59. The summed E-state index contributed by atoms with van der Waals surface area (Å²) in [6.45, 7) is 0. The van der Waals surface area contributed by atoms with E-state index < -0.39 is 17.3 Å². The van der Waals surface area contributed by atoms with Crippen LogP contribution in [-0.4, -0.2) is 29.3 Å². The first-order valence-electron chi connectivity index (χ1n) is 10.3. The minimum absolute atomic E-state index is 0.299. The number of nitrogens with one attached hydrogen (secondary N) is 1. The van der Waals surface area contributed by atoms with Crippen LogP contribution in [0, 0.1) is 0 Å². The van der Waals surface area contributed by atoms with Crippen LogP contribution in [0.5, 0.6) is 17.2 Å². The average molecular weight is 513 g/mol. The minimum Gasteiger partial charge on any atom is -0.497 e. The normalized spacial score (nSPS) is 17.4. The van der Waals surface area contributed by atoms with Crippen molar-refractivity contribution in [3.63, 3.8) is 0 Å². The summed E-state index contributed by atoms with van der Waals surface area (Å²) in [7, 11) is 1.57. The van der Waals surface area contributed by atoms with Crippen molar-refractivity contribution in [2.45, 2.75) is 11.4 Å². The lowest BCUT2D eigenvalue weighted by Crippen LogP contribution is -2.63. The first-order valence-corrected chi connectivity index (χ1v) is 12.0. The molecule has 1 aliphatic rings. The third kappa shape index (κ3) is 4.07. The third-order valence-corrected chi connectivity index (χ3v) is 7.59. The molecule has 5 rings (SSSR count). The number of nitrogens with zero attached hydrogens (tertiary/aromatic N) is 1. The number of hydrogen-bond donors (Lipinski definition) is 1. The largest absolute Gasteiger partial charge is 0.497 e. The topological polar surface area (TPSA) is 67.9 Å². The van der Waals surface area contributed by atoms with Gasteiger partial charge in [-0.15, -0.1) is 22.9 Å². The minimum atomic E-state index is -0.774. The number of halogens is 2. The van der Waals surface area contributed by atoms with Gasteiger partial charge in [0.05, 0.1) is 12.1 Å². The molecule has 6 nitrogen and oxygen atoms in total. The lowest BCUT2D eigenvalue weighted by molar-refractivity contribution is -0.149. The maximum Gasteiger partial charge on any atom is 0.281 e. The molecule has 0 saturated carbocycles. The summed E-state index contributed by atoms with van der Waals surface area (Å²) in [5.41, 5.74) is 3.45. The van der Waals surface area contributed by atoms with E-state index in [-0.39, 0.29) is 5.91 Å². The fourth-order valence-corrected chi connectivity index (χ4v) is 5.48. The zero-order valence-corrected chi connectivity index (χ0v) is 20.2. The first kappa shape index (κ1) is 22.5. The summed E-state index contributed by atoms with van der Waals surface area (Å²) in [6.07, 6.45) is 0. The number of para-hydroxylation sites is 1. The van der Waals surface area contributed by atoms with Gasteiger partial charge in [-0.25, -0.2) is 5.01 Å². The van der Waals surface area contributed by atoms with Crippen molar-refractivity contribution >= 4 is 56.4 Å². The molecule has 3 aromatic carbocycles. The number of carbonyl (C=O) groups excluding carboxylic acids is 2. The summed E-state index contributed by atoms with van der Waals surface area (Å²) < 4.78 is 11.9. The predicted octanol–water partition coefficient (Wildman–Crippen LogP) is 6.19. The van der Waals surface area contributed by atoms with E-state index in [1.165, 1.54) is 16.3 Å². The maximum atomic E-state index is 13.1. The molecular formula is C25H18Cl2N2O4S. The summed E-state index contributed by atoms with van der Waals surface area (Å²) >= 11 is 14.1. The molecule has 2 heterocycles. The van der Waals surface area contributed by atoms with Crippen molar-refractivity contribution in [3.8, 4) is 17.2 Å². The van der Waals surface area contributed by atoms with Crippen LogP contribution < -0.4 is 14.9 Å². The number of methoxy groups -OCH3 is 1. The molecule has 0 aliphatic carbocycles. The Labute approximate surface area is 209 Å². The summed E-state index contributed by atoms with van der Waals surface area (Å²) in [5, 5.41) is 1.46. The zero-order chi connectivity index (χ0) is 23.8. The highest BCUT2D eigenvalue weighted by molar-refractivity contribution is 7.21. The SMILES string of the molecule is COc1ccc(C2C(Cl)C(=O)N2NC(=O)c2sc3ccc(Oc4ccccc4)cc3c2Cl)cc1. The molecule has 1 fully saturated rings. The van der Waals surface area contributed by atoms with Crippen LogP contribution in [0.1, 0.15) is 21.3 Å². The Kier molecular flexibility index (Phi) is 6.08. The lowest BCUT2D eigenvalue weighted by atomic mass is 9.95. The van der Waals surface area contributed by atoms with Gasteiger partial charge in [-0.2, -0.15) is 0 Å². The highest BCUT2D eigenvalue weighted by atomic mass is 35.5. The monoisotopic (exact) mass is 512 g/mol. The van der Waals surface area contributed by atoms with Gasteiger partial charge in [-0.05, 0) is 48.0 Å². The highest BCUT2D eigenvalue weighted by Gasteiger charge is 2.48. The van der Waals surface area contributed by atoms with E-state index in [1.807, 2.05) is 54.6 Å². The quantitative estimate of drug-likeness (QED) is 0.247. The molecular weight excluding hydrogens is 495 g/mol. The molecule has 2 atom stereocenters. The fraction of sp³-hybridized carbons (Fsp3) is 0.120. The van der Waals surface area contributed by atoms with E-state index in [9.17, 15) is 9.59 Å². The molecule has 1 saturated heterocycles. The Morgan fingerprint density at radius 1 is 1.00 bits per heavy atom. The first-order chi connectivity index (χ1) is 16.5. The number of carbonyl (C=O) groups is 2. The van der Waals surface area contributed by atoms with Gasteiger partial charge in [0, 0.05) is 10.1 Å². The number of ether oxygens (including phenoxy) is 2. The van der Waals surface area contributed by atoms with E-state index in [1.54, 1.807) is 25.3 Å². The van der Waals surface area contributed by atoms with E-state index >= 15 is 0 Å². The molecule has 34 heavy (non-hydrogen) atoms. The van der Waals surface area contributed by atoms with E-state index in [0.717, 1.165) is 10.3 Å². The van der Waals surface area contributed by atoms with Crippen molar-refractivity contribution in [2.75, 3.05) is 7.11 Å². The lowest BCUT2D eigenvalue weighted by Gasteiger charge is -2.43. The second-order valence-corrected chi connectivity index (χ2v) is 9.49. The standard InChI is InChI=1S/C25H18Cl2N2O4S/c1-32-15-9-7-14(8-10-15)22-21(27)25(31)29(22)28-24(30)23-20(26)18-13-17(11-12-19(18)34-23)33-16-5-3-2-4-6-16/h2-13,21-22H,1H3,(H,28,30).